The number of amides is 1. The summed E-state index contributed by atoms with van der Waals surface area (Å²) >= 11 is 0. The summed E-state index contributed by atoms with van der Waals surface area (Å²) in [5.41, 5.74) is -0.667. The minimum atomic E-state index is -1.14. The number of carbonyl (C=O) groups excluding carboxylic acids is 1. The third-order valence-electron chi connectivity index (χ3n) is 2.29. The van der Waals surface area contributed by atoms with Gasteiger partial charge in [-0.2, -0.15) is 0 Å². The van der Waals surface area contributed by atoms with Crippen LogP contribution in [0, 0.1) is 0 Å². The van der Waals surface area contributed by atoms with Gasteiger partial charge in [0, 0.05) is 6.61 Å². The average Bonchev–Trinajstić information content (AvgIpc) is 2.23. The van der Waals surface area contributed by atoms with Crippen LogP contribution in [0.3, 0.4) is 0 Å². The maximum absolute atomic E-state index is 11.6. The van der Waals surface area contributed by atoms with Crippen molar-refractivity contribution in [3.8, 4) is 0 Å². The topological polar surface area (TPSA) is 84.9 Å². The van der Waals surface area contributed by atoms with E-state index in [1.54, 1.807) is 27.7 Å². The minimum absolute atomic E-state index is 0.470. The number of ether oxygens (including phenoxy) is 2. The van der Waals surface area contributed by atoms with Gasteiger partial charge >= 0.3 is 12.1 Å². The van der Waals surface area contributed by atoms with Crippen molar-refractivity contribution in [2.75, 3.05) is 6.61 Å². The standard InChI is InChI=1S/C13H25NO5/c1-6-7-8-18-9(2)10(11(15)16)14-12(17)19-13(3,4)5/h9-10H,6-8H2,1-5H3,(H,14,17)(H,15,16). The Kier molecular flexibility index (Phi) is 7.44. The van der Waals surface area contributed by atoms with Gasteiger partial charge < -0.3 is 19.9 Å². The number of carboxylic acids is 1. The summed E-state index contributed by atoms with van der Waals surface area (Å²) in [6, 6.07) is -1.12. The lowest BCUT2D eigenvalue weighted by Crippen LogP contribution is -2.50. The molecule has 0 saturated carbocycles. The van der Waals surface area contributed by atoms with E-state index in [1.165, 1.54) is 0 Å². The molecule has 0 aromatic carbocycles. The molecule has 0 aliphatic carbocycles. The van der Waals surface area contributed by atoms with Gasteiger partial charge in [0.05, 0.1) is 6.10 Å². The molecule has 1 amide bonds. The second kappa shape index (κ2) is 7.99. The van der Waals surface area contributed by atoms with Crippen LogP contribution in [-0.2, 0) is 14.3 Å². The van der Waals surface area contributed by atoms with E-state index in [0.29, 0.717) is 6.61 Å². The molecule has 0 bridgehead atoms. The predicted octanol–water partition coefficient (Wildman–Crippen LogP) is 2.17. The van der Waals surface area contributed by atoms with Crippen LogP contribution in [0.1, 0.15) is 47.5 Å². The monoisotopic (exact) mass is 275 g/mol. The molecular formula is C13H25NO5. The van der Waals surface area contributed by atoms with Crippen molar-refractivity contribution in [2.45, 2.75) is 65.2 Å². The molecule has 0 rings (SSSR count). The van der Waals surface area contributed by atoms with Crippen molar-refractivity contribution >= 4 is 12.1 Å². The SMILES string of the molecule is CCCCOC(C)C(NC(=O)OC(C)(C)C)C(=O)O. The van der Waals surface area contributed by atoms with E-state index in [2.05, 4.69) is 5.32 Å². The van der Waals surface area contributed by atoms with Crippen LogP contribution in [-0.4, -0.2) is 41.5 Å². The van der Waals surface area contributed by atoms with Gasteiger partial charge in [0.2, 0.25) is 0 Å². The third-order valence-corrected chi connectivity index (χ3v) is 2.29. The normalized spacial score (nSPS) is 14.6. The highest BCUT2D eigenvalue weighted by atomic mass is 16.6. The first-order chi connectivity index (χ1) is 8.67. The molecule has 0 spiro atoms. The van der Waals surface area contributed by atoms with E-state index in [0.717, 1.165) is 12.8 Å². The van der Waals surface area contributed by atoms with E-state index in [9.17, 15) is 9.59 Å². The van der Waals surface area contributed by atoms with Crippen LogP contribution in [0.2, 0.25) is 0 Å². The zero-order valence-electron chi connectivity index (χ0n) is 12.4. The molecule has 6 nitrogen and oxygen atoms in total. The lowest BCUT2D eigenvalue weighted by Gasteiger charge is -2.25. The Morgan fingerprint density at radius 1 is 1.32 bits per heavy atom. The molecular weight excluding hydrogens is 250 g/mol. The molecule has 0 aliphatic heterocycles. The van der Waals surface area contributed by atoms with Gasteiger partial charge in [0.1, 0.15) is 5.60 Å². The van der Waals surface area contributed by atoms with Gasteiger partial charge in [0.15, 0.2) is 6.04 Å². The first-order valence-electron chi connectivity index (χ1n) is 6.51. The Morgan fingerprint density at radius 3 is 2.32 bits per heavy atom. The smallest absolute Gasteiger partial charge is 0.408 e. The number of carboxylic acid groups (broad SMARTS) is 1. The van der Waals surface area contributed by atoms with Crippen LogP contribution < -0.4 is 5.32 Å². The summed E-state index contributed by atoms with van der Waals surface area (Å²) in [7, 11) is 0. The maximum Gasteiger partial charge on any atom is 0.408 e. The van der Waals surface area contributed by atoms with E-state index in [4.69, 9.17) is 14.6 Å². The van der Waals surface area contributed by atoms with Crippen molar-refractivity contribution in [3.05, 3.63) is 0 Å². The summed E-state index contributed by atoms with van der Waals surface area (Å²) < 4.78 is 10.4. The number of hydrogen-bond acceptors (Lipinski definition) is 4. The molecule has 0 aromatic rings. The van der Waals surface area contributed by atoms with Gasteiger partial charge in [-0.25, -0.2) is 9.59 Å². The van der Waals surface area contributed by atoms with Crippen LogP contribution in [0.5, 0.6) is 0 Å². The molecule has 112 valence electrons. The predicted molar refractivity (Wildman–Crippen MR) is 71.1 cm³/mol. The van der Waals surface area contributed by atoms with Gasteiger partial charge in [0.25, 0.3) is 0 Å². The zero-order chi connectivity index (χ0) is 15.1. The molecule has 0 heterocycles. The Bertz CT molecular complexity index is 298. The van der Waals surface area contributed by atoms with Crippen LogP contribution >= 0.6 is 0 Å². The lowest BCUT2D eigenvalue weighted by molar-refractivity contribution is -0.143. The van der Waals surface area contributed by atoms with Gasteiger partial charge in [-0.15, -0.1) is 0 Å². The van der Waals surface area contributed by atoms with Gasteiger partial charge in [-0.05, 0) is 34.1 Å². The molecule has 0 fully saturated rings. The second-order valence-electron chi connectivity index (χ2n) is 5.39. The summed E-state index contributed by atoms with van der Waals surface area (Å²) in [6.45, 7) is 9.24. The summed E-state index contributed by atoms with van der Waals surface area (Å²) in [6.07, 6.45) is 0.440. The molecule has 0 radical (unpaired) electrons. The Balaban J connectivity index is 4.40. The molecule has 2 N–H and O–H groups in total. The fourth-order valence-electron chi connectivity index (χ4n) is 1.32. The Labute approximate surface area is 114 Å². The Hall–Kier alpha value is -1.30. The summed E-state index contributed by atoms with van der Waals surface area (Å²) in [4.78, 5) is 22.7. The number of alkyl carbamates (subject to hydrolysis) is 1. The highest BCUT2D eigenvalue weighted by molar-refractivity contribution is 5.80. The van der Waals surface area contributed by atoms with E-state index >= 15 is 0 Å². The molecule has 0 saturated heterocycles. The fraction of sp³-hybridized carbons (Fsp3) is 0.846. The number of nitrogens with one attached hydrogen (secondary N) is 1. The second-order valence-corrected chi connectivity index (χ2v) is 5.39. The fourth-order valence-corrected chi connectivity index (χ4v) is 1.32. The molecule has 2 unspecified atom stereocenters. The van der Waals surface area contributed by atoms with E-state index in [-0.39, 0.29) is 0 Å². The number of unbranched alkanes of at least 4 members (excludes halogenated alkanes) is 1. The largest absolute Gasteiger partial charge is 0.480 e. The molecule has 6 heteroatoms. The Morgan fingerprint density at radius 2 is 1.89 bits per heavy atom. The lowest BCUT2D eigenvalue weighted by atomic mass is 10.2. The molecule has 0 aliphatic rings. The van der Waals surface area contributed by atoms with Crippen LogP contribution in [0.4, 0.5) is 4.79 Å². The number of hydrogen-bond donors (Lipinski definition) is 2. The van der Waals surface area contributed by atoms with Crippen molar-refractivity contribution in [3.63, 3.8) is 0 Å². The van der Waals surface area contributed by atoms with Crippen molar-refractivity contribution in [1.29, 1.82) is 0 Å². The van der Waals surface area contributed by atoms with Gasteiger partial charge in [-0.3, -0.25) is 0 Å². The summed E-state index contributed by atoms with van der Waals surface area (Å²) in [5, 5.41) is 11.4. The zero-order valence-corrected chi connectivity index (χ0v) is 12.4. The minimum Gasteiger partial charge on any atom is -0.480 e. The molecule has 19 heavy (non-hydrogen) atoms. The maximum atomic E-state index is 11.6. The molecule has 0 aromatic heterocycles. The van der Waals surface area contributed by atoms with Crippen LogP contribution in [0.15, 0.2) is 0 Å². The number of carbonyl (C=O) groups is 2. The average molecular weight is 275 g/mol. The van der Waals surface area contributed by atoms with Crippen molar-refractivity contribution in [2.24, 2.45) is 0 Å². The third kappa shape index (κ3) is 8.42. The summed E-state index contributed by atoms with van der Waals surface area (Å²) in [5.74, 6) is -1.14. The van der Waals surface area contributed by atoms with Crippen LogP contribution in [0.25, 0.3) is 0 Å². The van der Waals surface area contributed by atoms with E-state index in [1.807, 2.05) is 6.92 Å². The number of rotatable bonds is 7. The van der Waals surface area contributed by atoms with Gasteiger partial charge in [-0.1, -0.05) is 13.3 Å². The van der Waals surface area contributed by atoms with Crippen molar-refractivity contribution < 1.29 is 24.2 Å². The quantitative estimate of drug-likeness (QED) is 0.695. The first kappa shape index (κ1) is 17.7. The highest BCUT2D eigenvalue weighted by Gasteiger charge is 2.29. The first-order valence-corrected chi connectivity index (χ1v) is 6.51. The number of aliphatic carboxylic acids is 1. The van der Waals surface area contributed by atoms with Crippen molar-refractivity contribution in [1.82, 2.24) is 5.32 Å². The van der Waals surface area contributed by atoms with E-state index < -0.39 is 29.8 Å². The highest BCUT2D eigenvalue weighted by Crippen LogP contribution is 2.08. The molecule has 2 atom stereocenters.